The highest BCUT2D eigenvalue weighted by Crippen LogP contribution is 2.65. The minimum atomic E-state index is -2.48. The lowest BCUT2D eigenvalue weighted by Crippen LogP contribution is -2.82. The highest BCUT2D eigenvalue weighted by Gasteiger charge is 2.79. The van der Waals surface area contributed by atoms with Crippen molar-refractivity contribution in [3.8, 4) is 0 Å². The fraction of sp³-hybridized carbons (Fsp3) is 0.431. The number of hydrogen-bond donors (Lipinski definition) is 3. The molecule has 0 spiro atoms. The van der Waals surface area contributed by atoms with Crippen LogP contribution in [0.25, 0.3) is 0 Å². The van der Waals surface area contributed by atoms with E-state index in [1.165, 1.54) is 45.9 Å². The number of esters is 4. The molecule has 11 atom stereocenters. The molecule has 17 heteroatoms. The van der Waals surface area contributed by atoms with Crippen LogP contribution in [0, 0.1) is 16.7 Å². The van der Waals surface area contributed by atoms with Crippen LogP contribution in [-0.4, -0.2) is 113 Å². The molecule has 2 bridgehead atoms. The third kappa shape index (κ3) is 8.69. The summed E-state index contributed by atoms with van der Waals surface area (Å²) in [5, 5.41) is 28.5. The van der Waals surface area contributed by atoms with Crippen LogP contribution < -0.4 is 5.32 Å². The second-order valence-corrected chi connectivity index (χ2v) is 18.3. The summed E-state index contributed by atoms with van der Waals surface area (Å²) in [5.41, 5.74) is -7.59. The maximum absolute atomic E-state index is 16.0. The van der Waals surface area contributed by atoms with Crippen LogP contribution in [0.3, 0.4) is 0 Å². The van der Waals surface area contributed by atoms with Crippen molar-refractivity contribution in [2.45, 2.75) is 108 Å². The monoisotopic (exact) mass is 937 g/mol. The molecule has 1 saturated heterocycles. The van der Waals surface area contributed by atoms with Crippen molar-refractivity contribution in [1.82, 2.24) is 5.32 Å². The number of rotatable bonds is 13. The molecule has 0 unspecified atom stereocenters. The van der Waals surface area contributed by atoms with Gasteiger partial charge in [-0.1, -0.05) is 93.2 Å². The Morgan fingerprint density at radius 2 is 1.46 bits per heavy atom. The Labute approximate surface area is 392 Å². The van der Waals surface area contributed by atoms with E-state index in [4.69, 9.17) is 33.2 Å². The number of carbonyl (C=O) groups is 7. The van der Waals surface area contributed by atoms with E-state index in [-0.39, 0.29) is 41.9 Å². The number of aliphatic hydroxyl groups is 2. The second kappa shape index (κ2) is 19.1. The molecule has 360 valence electrons. The van der Waals surface area contributed by atoms with Crippen LogP contribution in [0.1, 0.15) is 86.7 Å². The molecule has 68 heavy (non-hydrogen) atoms. The first-order chi connectivity index (χ1) is 32.2. The molecule has 3 aromatic carbocycles. The number of nitrogens with one attached hydrogen (secondary N) is 1. The zero-order valence-corrected chi connectivity index (χ0v) is 38.5. The van der Waals surface area contributed by atoms with Gasteiger partial charge < -0.3 is 48.7 Å². The van der Waals surface area contributed by atoms with E-state index in [1.54, 1.807) is 78.9 Å². The highest BCUT2D eigenvalue weighted by atomic mass is 16.7. The zero-order valence-electron chi connectivity index (χ0n) is 38.5. The predicted octanol–water partition coefficient (Wildman–Crippen LogP) is 5.08. The number of Topliss-reactive ketones (excluding diaryl/α,β-unsaturated/α-hetero) is 1. The molecular weight excluding hydrogens is 883 g/mol. The van der Waals surface area contributed by atoms with Crippen molar-refractivity contribution in [3.05, 3.63) is 131 Å². The number of carbonyl (C=O) groups excluding carboxylic acids is 7. The van der Waals surface area contributed by atoms with Gasteiger partial charge in [-0.15, -0.1) is 0 Å². The number of hydrogen-bond acceptors (Lipinski definition) is 16. The number of amides is 1. The van der Waals surface area contributed by atoms with Crippen molar-refractivity contribution in [1.29, 1.82) is 0 Å². The van der Waals surface area contributed by atoms with E-state index in [0.29, 0.717) is 5.56 Å². The Bertz CT molecular complexity index is 2490. The summed E-state index contributed by atoms with van der Waals surface area (Å²) >= 11 is 0. The quantitative estimate of drug-likeness (QED) is 0.115. The van der Waals surface area contributed by atoms with Crippen molar-refractivity contribution >= 4 is 41.7 Å². The number of fused-ring (bicyclic) bond motifs is 5. The lowest BCUT2D eigenvalue weighted by Gasteiger charge is -2.67. The van der Waals surface area contributed by atoms with Gasteiger partial charge in [0, 0.05) is 37.7 Å². The number of ketones is 1. The first-order valence-electron chi connectivity index (χ1n) is 22.2. The van der Waals surface area contributed by atoms with Gasteiger partial charge in [0.15, 0.2) is 23.6 Å². The highest BCUT2D eigenvalue weighted by molar-refractivity contribution is 5.96. The summed E-state index contributed by atoms with van der Waals surface area (Å²) < 4.78 is 41.8. The van der Waals surface area contributed by atoms with E-state index in [2.05, 4.69) is 11.9 Å². The van der Waals surface area contributed by atoms with Gasteiger partial charge in [0.25, 0.3) is 5.91 Å². The number of benzene rings is 3. The van der Waals surface area contributed by atoms with E-state index in [1.807, 2.05) is 0 Å². The van der Waals surface area contributed by atoms with Crippen molar-refractivity contribution in [2.24, 2.45) is 16.7 Å². The third-order valence-electron chi connectivity index (χ3n) is 14.0. The lowest BCUT2D eigenvalue weighted by molar-refractivity contribution is -0.346. The summed E-state index contributed by atoms with van der Waals surface area (Å²) in [5.74, 6) is -7.21. The number of ether oxygens (including phenoxy) is 7. The molecule has 7 rings (SSSR count). The van der Waals surface area contributed by atoms with Gasteiger partial charge >= 0.3 is 30.0 Å². The normalized spacial score (nSPS) is 29.9. The molecule has 4 aliphatic rings. The Hall–Kier alpha value is -6.69. The third-order valence-corrected chi connectivity index (χ3v) is 14.0. The minimum Gasteiger partial charge on any atom is -0.456 e. The topological polar surface area (TPSA) is 237 Å². The molecule has 3 aromatic rings. The van der Waals surface area contributed by atoms with Gasteiger partial charge in [-0.2, -0.15) is 0 Å². The average Bonchev–Trinajstić information content (AvgIpc) is 3.30. The van der Waals surface area contributed by atoms with Crippen LogP contribution in [0.15, 0.2) is 115 Å². The van der Waals surface area contributed by atoms with Gasteiger partial charge in [-0.05, 0) is 54.8 Å². The van der Waals surface area contributed by atoms with E-state index < -0.39 is 119 Å². The molecule has 3 N–H and O–H groups in total. The largest absolute Gasteiger partial charge is 0.508 e. The lowest BCUT2D eigenvalue weighted by atomic mass is 9.44. The van der Waals surface area contributed by atoms with Crippen LogP contribution >= 0.6 is 0 Å². The predicted molar refractivity (Wildman–Crippen MR) is 238 cm³/mol. The first-order valence-corrected chi connectivity index (χ1v) is 22.2. The maximum atomic E-state index is 16.0. The van der Waals surface area contributed by atoms with Crippen LogP contribution in [0.4, 0.5) is 4.79 Å². The Morgan fingerprint density at radius 3 is 2.01 bits per heavy atom. The van der Waals surface area contributed by atoms with Gasteiger partial charge in [-0.3, -0.25) is 19.2 Å². The summed E-state index contributed by atoms with van der Waals surface area (Å²) in [6.45, 7) is 11.1. The van der Waals surface area contributed by atoms with Gasteiger partial charge in [0.1, 0.15) is 36.6 Å². The second-order valence-electron chi connectivity index (χ2n) is 18.3. The molecule has 1 amide bonds. The molecule has 2 saturated carbocycles. The van der Waals surface area contributed by atoms with Gasteiger partial charge in [0.2, 0.25) is 0 Å². The molecule has 17 nitrogen and oxygen atoms in total. The van der Waals surface area contributed by atoms with Crippen molar-refractivity contribution in [2.75, 3.05) is 13.2 Å². The Kier molecular flexibility index (Phi) is 13.8. The van der Waals surface area contributed by atoms with Crippen LogP contribution in [-0.2, 0) is 52.3 Å². The van der Waals surface area contributed by atoms with E-state index >= 15 is 4.79 Å². The standard InChI is InChI=1S/C51H55NO16/c1-8-24-62-47(60)66-35-25-36-50(27-63-36,68-30(4)54)41-43(67-45(58)33-22-16-11-17-23-33)51(61)26-34(28(2)37(48(51,5)6)40(64-29(3)53)42(56)49(35,41)7)65-46(59)39(55)38(31-18-12-9-13-19-31)52-44(57)32-20-14-10-15-21-32/h8-23,34-36,38-41,43,55,61H,1,24-27H2,2-7H3,(H,52,57)/t34-,35-,36+,38-,39+,40+,41-,43-,49+,50-,51+/m0/s1. The van der Waals surface area contributed by atoms with Crippen LogP contribution in [0.2, 0.25) is 0 Å². The Balaban J connectivity index is 1.42. The molecule has 0 radical (unpaired) electrons. The molecule has 1 aliphatic heterocycles. The van der Waals surface area contributed by atoms with Crippen LogP contribution in [0.5, 0.6) is 0 Å². The SMILES string of the molecule is C=CCOC(=O)O[C@H]1C[C@H]2OC[C@@]2(OC(C)=O)[C@H]2[C@H](OC(=O)c3ccccc3)[C@]3(O)C[C@H](OC(=O)[C@H](O)[C@@H](NC(=O)c4ccccc4)c4ccccc4)C(C)=C([C@@H](OC(C)=O)C(=O)[C@]12C)C3(C)C. The van der Waals surface area contributed by atoms with E-state index in [0.717, 1.165) is 13.8 Å². The number of aliphatic hydroxyl groups excluding tert-OH is 1. The van der Waals surface area contributed by atoms with Gasteiger partial charge in [0.05, 0.1) is 29.5 Å². The molecule has 3 aliphatic carbocycles. The molecule has 3 fully saturated rings. The fourth-order valence-corrected chi connectivity index (χ4v) is 10.6. The maximum Gasteiger partial charge on any atom is 0.508 e. The molecule has 1 heterocycles. The van der Waals surface area contributed by atoms with E-state index in [9.17, 15) is 39.0 Å². The molecule has 0 aromatic heterocycles. The minimum absolute atomic E-state index is 0.0275. The van der Waals surface area contributed by atoms with Gasteiger partial charge in [-0.25, -0.2) is 14.4 Å². The molecular formula is C51H55NO16. The smallest absolute Gasteiger partial charge is 0.456 e. The Morgan fingerprint density at radius 1 is 0.853 bits per heavy atom. The summed E-state index contributed by atoms with van der Waals surface area (Å²) in [6, 6.07) is 22.7. The average molecular weight is 938 g/mol. The first kappa shape index (κ1) is 49.2. The zero-order chi connectivity index (χ0) is 49.3. The fourth-order valence-electron chi connectivity index (χ4n) is 10.6. The summed E-state index contributed by atoms with van der Waals surface area (Å²) in [4.78, 5) is 98.3. The summed E-state index contributed by atoms with van der Waals surface area (Å²) in [7, 11) is 0. The van der Waals surface area contributed by atoms with Crippen molar-refractivity contribution in [3.63, 3.8) is 0 Å². The summed E-state index contributed by atoms with van der Waals surface area (Å²) in [6.07, 6.45) is -10.9. The van der Waals surface area contributed by atoms with Crippen molar-refractivity contribution < 1.29 is 76.9 Å².